The van der Waals surface area contributed by atoms with Gasteiger partial charge in [-0.25, -0.2) is 0 Å². The van der Waals surface area contributed by atoms with Crippen LogP contribution >= 0.6 is 0 Å². The molecule has 0 aliphatic rings. The van der Waals surface area contributed by atoms with E-state index in [2.05, 4.69) is 301 Å². The molecule has 13 rings (SSSR count). The van der Waals surface area contributed by atoms with Gasteiger partial charge in [-0.05, 0) is 104 Å². The lowest BCUT2D eigenvalue weighted by molar-refractivity contribution is 0.673. The fraction of sp³-hybridized carbons (Fsp3) is 0. The second kappa shape index (κ2) is 18.9. The van der Waals surface area contributed by atoms with Crippen LogP contribution in [0.2, 0.25) is 0 Å². The van der Waals surface area contributed by atoms with Crippen molar-refractivity contribution in [1.29, 1.82) is 0 Å². The number of para-hydroxylation sites is 2. The van der Waals surface area contributed by atoms with Gasteiger partial charge in [-0.2, -0.15) is 0 Å². The van der Waals surface area contributed by atoms with Crippen LogP contribution in [0.25, 0.3) is 88.3 Å². The van der Waals surface area contributed by atoms with Gasteiger partial charge in [-0.1, -0.05) is 237 Å². The summed E-state index contributed by atoms with van der Waals surface area (Å²) in [5, 5.41) is 4.25. The van der Waals surface area contributed by atoms with Gasteiger partial charge in [0.25, 0.3) is 0 Å². The second-order valence-corrected chi connectivity index (χ2v) is 18.4. The Hall–Kier alpha value is -9.70. The van der Waals surface area contributed by atoms with Gasteiger partial charge in [-0.3, -0.25) is 0 Å². The Labute approximate surface area is 425 Å². The lowest BCUT2D eigenvalue weighted by atomic mass is 9.98. The van der Waals surface area contributed by atoms with Crippen molar-refractivity contribution in [3.8, 4) is 55.6 Å². The molecule has 0 N–H and O–H groups in total. The number of benzene rings is 12. The minimum atomic E-state index is 0.787. The first-order chi connectivity index (χ1) is 36.2. The topological polar surface area (TPSA) is 19.6 Å². The number of furan rings is 1. The third kappa shape index (κ3) is 8.09. The predicted octanol–water partition coefficient (Wildman–Crippen LogP) is 20.0. The first kappa shape index (κ1) is 43.3. The molecule has 0 aliphatic carbocycles. The molecule has 0 unspecified atom stereocenters. The largest absolute Gasteiger partial charge is 0.453 e. The van der Waals surface area contributed by atoms with Crippen LogP contribution in [-0.2, 0) is 0 Å². The third-order valence-corrected chi connectivity index (χ3v) is 14.1. The van der Waals surface area contributed by atoms with E-state index in [4.69, 9.17) is 4.42 Å². The Morgan fingerprint density at radius 3 is 1.08 bits per heavy atom. The minimum absolute atomic E-state index is 0.787. The highest BCUT2D eigenvalue weighted by Crippen LogP contribution is 2.52. The van der Waals surface area contributed by atoms with Gasteiger partial charge in [0.05, 0.1) is 28.1 Å². The zero-order valence-electron chi connectivity index (χ0n) is 40.0. The summed E-state index contributed by atoms with van der Waals surface area (Å²) in [7, 11) is 0. The molecule has 0 saturated heterocycles. The van der Waals surface area contributed by atoms with Crippen LogP contribution in [0.4, 0.5) is 34.1 Å². The zero-order chi connectivity index (χ0) is 48.5. The Bertz CT molecular complexity index is 4040. The molecule has 13 aromatic rings. The van der Waals surface area contributed by atoms with Gasteiger partial charge in [0, 0.05) is 33.3 Å². The van der Waals surface area contributed by atoms with E-state index in [1.165, 1.54) is 16.7 Å². The van der Waals surface area contributed by atoms with Crippen molar-refractivity contribution >= 4 is 66.8 Å². The second-order valence-electron chi connectivity index (χ2n) is 18.4. The molecule has 0 bridgehead atoms. The molecule has 344 valence electrons. The van der Waals surface area contributed by atoms with E-state index < -0.39 is 0 Å². The minimum Gasteiger partial charge on any atom is -0.453 e. The summed E-state index contributed by atoms with van der Waals surface area (Å²) in [6.07, 6.45) is 0. The number of rotatable bonds is 11. The van der Waals surface area contributed by atoms with E-state index in [1.807, 2.05) is 0 Å². The van der Waals surface area contributed by atoms with Crippen molar-refractivity contribution in [2.45, 2.75) is 0 Å². The molecule has 3 nitrogen and oxygen atoms in total. The number of fused-ring (bicyclic) bond motifs is 5. The quantitative estimate of drug-likeness (QED) is 0.129. The van der Waals surface area contributed by atoms with Crippen LogP contribution in [0.5, 0.6) is 0 Å². The summed E-state index contributed by atoms with van der Waals surface area (Å²) >= 11 is 0. The van der Waals surface area contributed by atoms with E-state index in [9.17, 15) is 0 Å². The maximum Gasteiger partial charge on any atom is 0.161 e. The SMILES string of the molecule is c1ccc(-c2ccc(-c3ccc(N(c4ccccc4-c4ccccc4)c4ccc(N(c5ccc(-c6ccccc6)cc5)c5ccccc5-c5ccccc5)c5c4oc4c6ccccc6ccc45)cc3)cc2)cc1. The Kier molecular flexibility index (Phi) is 11.2. The van der Waals surface area contributed by atoms with E-state index in [1.54, 1.807) is 0 Å². The molecular weight excluding hydrogens is 885 g/mol. The number of nitrogens with zero attached hydrogens (tertiary/aromatic N) is 2. The van der Waals surface area contributed by atoms with Gasteiger partial charge < -0.3 is 14.2 Å². The van der Waals surface area contributed by atoms with Gasteiger partial charge in [-0.15, -0.1) is 0 Å². The molecule has 1 heterocycles. The first-order valence-electron chi connectivity index (χ1n) is 24.9. The van der Waals surface area contributed by atoms with Gasteiger partial charge in [0.1, 0.15) is 5.58 Å². The van der Waals surface area contributed by atoms with Crippen molar-refractivity contribution in [3.63, 3.8) is 0 Å². The molecule has 3 heteroatoms. The third-order valence-electron chi connectivity index (χ3n) is 14.1. The molecule has 0 aliphatic heterocycles. The van der Waals surface area contributed by atoms with Crippen molar-refractivity contribution in [3.05, 3.63) is 291 Å². The van der Waals surface area contributed by atoms with Crippen molar-refractivity contribution in [2.75, 3.05) is 9.80 Å². The van der Waals surface area contributed by atoms with E-state index >= 15 is 0 Å². The van der Waals surface area contributed by atoms with Crippen molar-refractivity contribution < 1.29 is 4.42 Å². The Morgan fingerprint density at radius 2 is 0.589 bits per heavy atom. The highest BCUT2D eigenvalue weighted by Gasteiger charge is 2.28. The van der Waals surface area contributed by atoms with E-state index in [-0.39, 0.29) is 0 Å². The highest BCUT2D eigenvalue weighted by molar-refractivity contribution is 6.22. The van der Waals surface area contributed by atoms with Crippen molar-refractivity contribution in [2.24, 2.45) is 0 Å². The number of anilines is 6. The number of hydrogen-bond acceptors (Lipinski definition) is 3. The molecule has 0 saturated carbocycles. The fourth-order valence-electron chi connectivity index (χ4n) is 10.5. The molecule has 1 aromatic heterocycles. The summed E-state index contributed by atoms with van der Waals surface area (Å²) in [4.78, 5) is 4.81. The summed E-state index contributed by atoms with van der Waals surface area (Å²) in [6, 6.07) is 104. The first-order valence-corrected chi connectivity index (χ1v) is 24.9. The molecule has 12 aromatic carbocycles. The van der Waals surface area contributed by atoms with Crippen LogP contribution in [0.1, 0.15) is 0 Å². The molecule has 0 amide bonds. The summed E-state index contributed by atoms with van der Waals surface area (Å²) in [5.74, 6) is 0. The molecule has 0 radical (unpaired) electrons. The number of hydrogen-bond donors (Lipinski definition) is 0. The molecule has 0 atom stereocenters. The molecule has 0 fully saturated rings. The van der Waals surface area contributed by atoms with Crippen LogP contribution < -0.4 is 9.80 Å². The predicted molar refractivity (Wildman–Crippen MR) is 308 cm³/mol. The lowest BCUT2D eigenvalue weighted by Crippen LogP contribution is -2.14. The van der Waals surface area contributed by atoms with E-state index in [0.29, 0.717) is 0 Å². The smallest absolute Gasteiger partial charge is 0.161 e. The van der Waals surface area contributed by atoms with E-state index in [0.717, 1.165) is 106 Å². The maximum absolute atomic E-state index is 7.49. The Balaban J connectivity index is 1.06. The molecular formula is C70H48N2O. The van der Waals surface area contributed by atoms with Crippen molar-refractivity contribution in [1.82, 2.24) is 0 Å². The summed E-state index contributed by atoms with van der Waals surface area (Å²) in [5.41, 5.74) is 19.2. The summed E-state index contributed by atoms with van der Waals surface area (Å²) in [6.45, 7) is 0. The zero-order valence-corrected chi connectivity index (χ0v) is 40.0. The average Bonchev–Trinajstić information content (AvgIpc) is 3.88. The van der Waals surface area contributed by atoms with Gasteiger partial charge in [0.2, 0.25) is 0 Å². The monoisotopic (exact) mass is 932 g/mol. The normalized spacial score (nSPS) is 11.3. The molecule has 73 heavy (non-hydrogen) atoms. The van der Waals surface area contributed by atoms with Crippen LogP contribution in [-0.4, -0.2) is 0 Å². The molecule has 0 spiro atoms. The summed E-state index contributed by atoms with van der Waals surface area (Å²) < 4.78 is 7.49. The van der Waals surface area contributed by atoms with Crippen LogP contribution in [0, 0.1) is 0 Å². The maximum atomic E-state index is 7.49. The van der Waals surface area contributed by atoms with Gasteiger partial charge in [0.15, 0.2) is 5.58 Å². The van der Waals surface area contributed by atoms with Gasteiger partial charge >= 0.3 is 0 Å². The fourth-order valence-corrected chi connectivity index (χ4v) is 10.5. The van der Waals surface area contributed by atoms with Crippen LogP contribution in [0.15, 0.2) is 296 Å². The average molecular weight is 933 g/mol. The highest BCUT2D eigenvalue weighted by atomic mass is 16.3. The Morgan fingerprint density at radius 1 is 0.219 bits per heavy atom. The standard InChI is InChI=1S/C70H48N2O/c1-5-19-49(20-6-1)51-33-35-52(36-34-51)54-39-44-59(45-40-54)72(65-32-18-16-29-61(65)56-25-11-4-12-26-56)67-48-47-66(68-63-46-41-57-27-13-14-30-62(57)69(63)73-70(67)68)71(58-42-37-53(38-43-58)50-21-7-2-8-22-50)64-31-17-15-28-60(64)55-23-9-3-10-24-55/h1-48H. The lowest BCUT2D eigenvalue weighted by Gasteiger charge is -2.31. The van der Waals surface area contributed by atoms with Crippen LogP contribution in [0.3, 0.4) is 0 Å².